The van der Waals surface area contributed by atoms with Crippen molar-refractivity contribution < 1.29 is 22.4 Å². The third-order valence-corrected chi connectivity index (χ3v) is 5.50. The van der Waals surface area contributed by atoms with Crippen molar-refractivity contribution in [1.29, 1.82) is 0 Å². The maximum atomic E-state index is 14.1. The van der Waals surface area contributed by atoms with E-state index in [2.05, 4.69) is 15.3 Å². The van der Waals surface area contributed by atoms with E-state index in [1.54, 1.807) is 17.8 Å². The summed E-state index contributed by atoms with van der Waals surface area (Å²) in [4.78, 5) is 20.9. The number of hydrogen-bond acceptors (Lipinski definition) is 3. The average molecular weight is 433 g/mol. The van der Waals surface area contributed by atoms with E-state index in [0.29, 0.717) is 5.52 Å². The second kappa shape index (κ2) is 7.56. The smallest absolute Gasteiger partial charge is 0.358 e. The van der Waals surface area contributed by atoms with Gasteiger partial charge in [-0.1, -0.05) is 6.07 Å². The van der Waals surface area contributed by atoms with E-state index in [4.69, 9.17) is 0 Å². The molecular formula is C21H15F4N3OS. The minimum absolute atomic E-state index is 0.258. The molecule has 0 unspecified atom stereocenters. The summed E-state index contributed by atoms with van der Waals surface area (Å²) in [6.07, 6.45) is -3.06. The zero-order valence-electron chi connectivity index (χ0n) is 15.6. The molecule has 0 saturated carbocycles. The zero-order valence-corrected chi connectivity index (χ0v) is 16.4. The molecular weight excluding hydrogens is 418 g/mol. The van der Waals surface area contributed by atoms with Crippen molar-refractivity contribution in [2.75, 3.05) is 0 Å². The quantitative estimate of drug-likeness (QED) is 0.407. The van der Waals surface area contributed by atoms with Gasteiger partial charge in [0.1, 0.15) is 5.82 Å². The minimum atomic E-state index is -4.72. The molecule has 0 spiro atoms. The van der Waals surface area contributed by atoms with Crippen molar-refractivity contribution in [3.8, 4) is 10.4 Å². The fourth-order valence-corrected chi connectivity index (χ4v) is 3.94. The molecule has 4 aromatic rings. The summed E-state index contributed by atoms with van der Waals surface area (Å²) >= 11 is 1.40. The van der Waals surface area contributed by atoms with Gasteiger partial charge in [0.2, 0.25) is 0 Å². The molecule has 0 bridgehead atoms. The Morgan fingerprint density at radius 2 is 2.03 bits per heavy atom. The first-order valence-corrected chi connectivity index (χ1v) is 9.77. The van der Waals surface area contributed by atoms with Gasteiger partial charge in [0.15, 0.2) is 0 Å². The van der Waals surface area contributed by atoms with Crippen molar-refractivity contribution in [1.82, 2.24) is 15.3 Å². The first-order chi connectivity index (χ1) is 14.2. The van der Waals surface area contributed by atoms with Gasteiger partial charge in [-0.3, -0.25) is 9.78 Å². The molecule has 0 atom stereocenters. The molecule has 2 aromatic carbocycles. The Bertz CT molecular complexity index is 1230. The van der Waals surface area contributed by atoms with E-state index in [9.17, 15) is 22.4 Å². The molecule has 0 aliphatic heterocycles. The van der Waals surface area contributed by atoms with Crippen molar-refractivity contribution in [3.05, 3.63) is 76.3 Å². The van der Waals surface area contributed by atoms with E-state index in [1.165, 1.54) is 11.3 Å². The number of aromatic nitrogens is 2. The van der Waals surface area contributed by atoms with Crippen LogP contribution in [0.2, 0.25) is 0 Å². The summed E-state index contributed by atoms with van der Waals surface area (Å²) in [5.74, 6) is -1.63. The molecule has 0 saturated heterocycles. The molecule has 4 rings (SSSR count). The highest BCUT2D eigenvalue weighted by atomic mass is 32.1. The summed E-state index contributed by atoms with van der Waals surface area (Å²) in [6, 6.07) is 8.15. The lowest BCUT2D eigenvalue weighted by Gasteiger charge is -2.14. The first-order valence-electron chi connectivity index (χ1n) is 8.89. The van der Waals surface area contributed by atoms with Gasteiger partial charge in [-0.05, 0) is 42.8 Å². The number of nitrogens with zero attached hydrogens (tertiary/aromatic N) is 1. The molecule has 2 heterocycles. The number of aromatic amines is 1. The molecule has 2 aromatic heterocycles. The monoisotopic (exact) mass is 433 g/mol. The van der Waals surface area contributed by atoms with Gasteiger partial charge < -0.3 is 10.3 Å². The number of fused-ring (bicyclic) bond motifs is 1. The second-order valence-electron chi connectivity index (χ2n) is 6.75. The molecule has 0 aliphatic carbocycles. The second-order valence-corrected chi connectivity index (χ2v) is 7.64. The van der Waals surface area contributed by atoms with Crippen LogP contribution >= 0.6 is 11.3 Å². The van der Waals surface area contributed by atoms with Crippen LogP contribution in [0.15, 0.2) is 48.1 Å². The number of carbonyl (C=O) groups excluding carboxylic acids is 1. The Morgan fingerprint density at radius 3 is 2.73 bits per heavy atom. The lowest BCUT2D eigenvalue weighted by molar-refractivity contribution is -0.138. The average Bonchev–Trinajstić information content (AvgIpc) is 3.33. The zero-order chi connectivity index (χ0) is 21.5. The van der Waals surface area contributed by atoms with E-state index in [-0.39, 0.29) is 5.56 Å². The Balaban J connectivity index is 1.70. The third-order valence-electron chi connectivity index (χ3n) is 4.67. The normalized spacial score (nSPS) is 11.8. The summed E-state index contributed by atoms with van der Waals surface area (Å²) in [5.41, 5.74) is 2.36. The van der Waals surface area contributed by atoms with Gasteiger partial charge in [0.25, 0.3) is 5.91 Å². The predicted octanol–water partition coefficient (Wildman–Crippen LogP) is 5.69. The first kappa shape index (κ1) is 20.1. The summed E-state index contributed by atoms with van der Waals surface area (Å²) < 4.78 is 53.7. The van der Waals surface area contributed by atoms with Crippen molar-refractivity contribution in [3.63, 3.8) is 0 Å². The van der Waals surface area contributed by atoms with Gasteiger partial charge in [0.05, 0.1) is 27.0 Å². The molecule has 30 heavy (non-hydrogen) atoms. The predicted molar refractivity (Wildman–Crippen MR) is 107 cm³/mol. The van der Waals surface area contributed by atoms with Crippen LogP contribution in [0.1, 0.15) is 27.2 Å². The lowest BCUT2D eigenvalue weighted by atomic mass is 10.0. The Morgan fingerprint density at radius 1 is 1.23 bits per heavy atom. The van der Waals surface area contributed by atoms with Crippen molar-refractivity contribution >= 4 is 28.1 Å². The molecule has 2 N–H and O–H groups in total. The molecule has 4 nitrogen and oxygen atoms in total. The molecule has 0 fully saturated rings. The number of amides is 1. The number of halogens is 4. The van der Waals surface area contributed by atoms with E-state index < -0.39 is 35.6 Å². The van der Waals surface area contributed by atoms with Crippen molar-refractivity contribution in [2.24, 2.45) is 0 Å². The standard InChI is InChI=1S/C21H15F4N3OS/c1-11-5-13-6-12(18-9-26-10-30-18)7-14(19(13)28-11)20(29)27-8-15-16(21(23,24)25)3-2-4-17(15)22/h2-7,9-10,28H,8H2,1H3,(H,27,29). The summed E-state index contributed by atoms with van der Waals surface area (Å²) in [7, 11) is 0. The van der Waals surface area contributed by atoms with Crippen LogP contribution in [0.25, 0.3) is 21.3 Å². The Kier molecular flexibility index (Phi) is 5.07. The molecule has 9 heteroatoms. The fourth-order valence-electron chi connectivity index (χ4n) is 3.33. The Labute approximate surface area is 172 Å². The highest BCUT2D eigenvalue weighted by Gasteiger charge is 2.34. The van der Waals surface area contributed by atoms with Crippen LogP contribution in [0.3, 0.4) is 0 Å². The minimum Gasteiger partial charge on any atom is -0.358 e. The molecule has 0 radical (unpaired) electrons. The van der Waals surface area contributed by atoms with Gasteiger partial charge in [-0.2, -0.15) is 13.2 Å². The summed E-state index contributed by atoms with van der Waals surface area (Å²) in [5, 5.41) is 3.21. The van der Waals surface area contributed by atoms with E-state index >= 15 is 0 Å². The maximum Gasteiger partial charge on any atom is 0.416 e. The van der Waals surface area contributed by atoms with E-state index in [0.717, 1.165) is 39.7 Å². The Hall–Kier alpha value is -3.20. The van der Waals surface area contributed by atoms with E-state index in [1.807, 2.05) is 19.1 Å². The van der Waals surface area contributed by atoms with Crippen LogP contribution in [0.5, 0.6) is 0 Å². The van der Waals surface area contributed by atoms with Crippen LogP contribution in [-0.4, -0.2) is 15.9 Å². The largest absolute Gasteiger partial charge is 0.416 e. The maximum absolute atomic E-state index is 14.1. The molecule has 0 aliphatic rings. The highest BCUT2D eigenvalue weighted by Crippen LogP contribution is 2.33. The number of carbonyl (C=O) groups is 1. The number of rotatable bonds is 4. The van der Waals surface area contributed by atoms with Crippen LogP contribution in [0.4, 0.5) is 17.6 Å². The van der Waals surface area contributed by atoms with Crippen LogP contribution in [-0.2, 0) is 12.7 Å². The fraction of sp³-hybridized carbons (Fsp3) is 0.143. The summed E-state index contributed by atoms with van der Waals surface area (Å²) in [6.45, 7) is 1.25. The van der Waals surface area contributed by atoms with Gasteiger partial charge >= 0.3 is 6.18 Å². The van der Waals surface area contributed by atoms with Gasteiger partial charge in [0, 0.05) is 29.4 Å². The lowest BCUT2D eigenvalue weighted by Crippen LogP contribution is -2.25. The SMILES string of the molecule is Cc1cc2cc(-c3cncs3)cc(C(=O)NCc3c(F)cccc3C(F)(F)F)c2[nH]1. The third kappa shape index (κ3) is 3.80. The number of aryl methyl sites for hydroxylation is 1. The molecule has 154 valence electrons. The number of H-pyrrole nitrogens is 1. The van der Waals surface area contributed by atoms with Gasteiger partial charge in [-0.15, -0.1) is 11.3 Å². The topological polar surface area (TPSA) is 57.8 Å². The van der Waals surface area contributed by atoms with Gasteiger partial charge in [-0.25, -0.2) is 4.39 Å². The van der Waals surface area contributed by atoms with Crippen LogP contribution < -0.4 is 5.32 Å². The van der Waals surface area contributed by atoms with Crippen molar-refractivity contribution in [2.45, 2.75) is 19.6 Å². The number of alkyl halides is 3. The highest BCUT2D eigenvalue weighted by molar-refractivity contribution is 7.13. The number of nitrogens with one attached hydrogen (secondary N) is 2. The number of thiazole rings is 1. The number of hydrogen-bond donors (Lipinski definition) is 2. The molecule has 1 amide bonds. The number of benzene rings is 2. The van der Waals surface area contributed by atoms with Crippen LogP contribution in [0, 0.1) is 12.7 Å².